The van der Waals surface area contributed by atoms with Gasteiger partial charge in [-0.25, -0.2) is 0 Å². The molecule has 0 saturated carbocycles. The van der Waals surface area contributed by atoms with Gasteiger partial charge in [-0.2, -0.15) is 0 Å². The molecular formula is C58H34OS. The smallest absolute Gasteiger partial charge is 0.144 e. The SMILES string of the molecule is c1ccc(-c2cccc(-c3c4ccccc4c(-c4ccc(-c5cc6c7ccc8sc9ccccc9c8c7oc6c6ccccc56)c5ccccc45)c4ccccc34)c2)cc1. The highest BCUT2D eigenvalue weighted by atomic mass is 32.1. The molecule has 0 saturated heterocycles. The zero-order valence-electron chi connectivity index (χ0n) is 32.4. The molecule has 1 nitrogen and oxygen atoms in total. The van der Waals surface area contributed by atoms with Gasteiger partial charge in [0.25, 0.3) is 0 Å². The molecule has 0 spiro atoms. The van der Waals surface area contributed by atoms with Crippen LogP contribution in [0.15, 0.2) is 211 Å². The molecule has 60 heavy (non-hydrogen) atoms. The fourth-order valence-corrected chi connectivity index (χ4v) is 11.2. The van der Waals surface area contributed by atoms with Gasteiger partial charge < -0.3 is 4.42 Å². The number of thiophene rings is 1. The van der Waals surface area contributed by atoms with Gasteiger partial charge in [-0.3, -0.25) is 0 Å². The Morgan fingerprint density at radius 3 is 1.50 bits per heavy atom. The molecule has 0 aliphatic rings. The molecule has 11 aromatic carbocycles. The van der Waals surface area contributed by atoms with Crippen LogP contribution in [0.25, 0.3) is 130 Å². The lowest BCUT2D eigenvalue weighted by atomic mass is 9.83. The quantitative estimate of drug-likeness (QED) is 0.162. The average Bonchev–Trinajstić information content (AvgIpc) is 3.89. The molecule has 0 aliphatic heterocycles. The monoisotopic (exact) mass is 778 g/mol. The van der Waals surface area contributed by atoms with Gasteiger partial charge in [0, 0.05) is 36.3 Å². The van der Waals surface area contributed by atoms with Crippen LogP contribution in [0.1, 0.15) is 0 Å². The lowest BCUT2D eigenvalue weighted by molar-refractivity contribution is 0.677. The molecule has 13 aromatic rings. The van der Waals surface area contributed by atoms with Crippen LogP contribution in [0, 0.1) is 0 Å². The number of rotatable bonds is 4. The molecule has 0 radical (unpaired) electrons. The first kappa shape index (κ1) is 33.5. The molecule has 2 heteroatoms. The second-order valence-corrected chi connectivity index (χ2v) is 16.9. The third-order valence-corrected chi connectivity index (χ3v) is 13.8. The zero-order chi connectivity index (χ0) is 39.3. The number of fused-ring (bicyclic) bond motifs is 12. The lowest BCUT2D eigenvalue weighted by Gasteiger charge is -2.20. The minimum Gasteiger partial charge on any atom is -0.455 e. The van der Waals surface area contributed by atoms with Crippen molar-refractivity contribution < 1.29 is 4.42 Å². The van der Waals surface area contributed by atoms with Crippen LogP contribution < -0.4 is 0 Å². The summed E-state index contributed by atoms with van der Waals surface area (Å²) in [6.45, 7) is 0. The first-order valence-corrected chi connectivity index (χ1v) is 21.4. The number of furan rings is 1. The van der Waals surface area contributed by atoms with E-state index in [-0.39, 0.29) is 0 Å². The highest BCUT2D eigenvalue weighted by Gasteiger charge is 2.22. The van der Waals surface area contributed by atoms with E-state index in [2.05, 4.69) is 206 Å². The Balaban J connectivity index is 1.06. The average molecular weight is 779 g/mol. The summed E-state index contributed by atoms with van der Waals surface area (Å²) in [5.74, 6) is 0. The number of hydrogen-bond acceptors (Lipinski definition) is 2. The molecule has 2 aromatic heterocycles. The van der Waals surface area contributed by atoms with E-state index in [4.69, 9.17) is 4.42 Å². The summed E-state index contributed by atoms with van der Waals surface area (Å²) in [6.07, 6.45) is 0. The Kier molecular flexibility index (Phi) is 7.24. The van der Waals surface area contributed by atoms with Crippen LogP contribution in [0.3, 0.4) is 0 Å². The minimum absolute atomic E-state index is 0.945. The maximum Gasteiger partial charge on any atom is 0.144 e. The summed E-state index contributed by atoms with van der Waals surface area (Å²) < 4.78 is 9.49. The summed E-state index contributed by atoms with van der Waals surface area (Å²) >= 11 is 1.83. The molecule has 0 amide bonds. The summed E-state index contributed by atoms with van der Waals surface area (Å²) in [7, 11) is 0. The van der Waals surface area contributed by atoms with E-state index in [1.165, 1.54) is 102 Å². The van der Waals surface area contributed by atoms with E-state index in [0.29, 0.717) is 0 Å². The highest BCUT2D eigenvalue weighted by molar-refractivity contribution is 7.26. The molecular weight excluding hydrogens is 745 g/mol. The van der Waals surface area contributed by atoms with E-state index >= 15 is 0 Å². The van der Waals surface area contributed by atoms with Crippen molar-refractivity contribution in [1.82, 2.24) is 0 Å². The van der Waals surface area contributed by atoms with Gasteiger partial charge in [0.05, 0.1) is 0 Å². The zero-order valence-corrected chi connectivity index (χ0v) is 33.3. The van der Waals surface area contributed by atoms with Gasteiger partial charge in [-0.15, -0.1) is 11.3 Å². The largest absolute Gasteiger partial charge is 0.455 e. The van der Waals surface area contributed by atoms with Crippen molar-refractivity contribution in [3.8, 4) is 44.5 Å². The van der Waals surface area contributed by atoms with Gasteiger partial charge >= 0.3 is 0 Å². The fourth-order valence-electron chi connectivity index (χ4n) is 10.1. The Hall–Kier alpha value is -7.52. The predicted molar refractivity (Wildman–Crippen MR) is 258 cm³/mol. The normalized spacial score (nSPS) is 12.0. The third-order valence-electron chi connectivity index (χ3n) is 12.7. The maximum atomic E-state index is 6.96. The second kappa shape index (κ2) is 13.0. The van der Waals surface area contributed by atoms with Crippen LogP contribution >= 0.6 is 11.3 Å². The van der Waals surface area contributed by atoms with Crippen molar-refractivity contribution in [2.24, 2.45) is 0 Å². The van der Waals surface area contributed by atoms with Gasteiger partial charge in [0.15, 0.2) is 0 Å². The van der Waals surface area contributed by atoms with Crippen LogP contribution in [-0.2, 0) is 0 Å². The van der Waals surface area contributed by atoms with Crippen molar-refractivity contribution in [3.05, 3.63) is 206 Å². The van der Waals surface area contributed by atoms with Crippen LogP contribution in [0.2, 0.25) is 0 Å². The van der Waals surface area contributed by atoms with Gasteiger partial charge in [-0.1, -0.05) is 176 Å². The minimum atomic E-state index is 0.945. The third kappa shape index (κ3) is 4.86. The van der Waals surface area contributed by atoms with Gasteiger partial charge in [0.1, 0.15) is 11.2 Å². The van der Waals surface area contributed by atoms with E-state index in [9.17, 15) is 0 Å². The van der Waals surface area contributed by atoms with Crippen molar-refractivity contribution in [2.75, 3.05) is 0 Å². The van der Waals surface area contributed by atoms with E-state index < -0.39 is 0 Å². The lowest BCUT2D eigenvalue weighted by Crippen LogP contribution is -1.93. The Morgan fingerprint density at radius 1 is 0.267 bits per heavy atom. The van der Waals surface area contributed by atoms with E-state index in [1.807, 2.05) is 11.3 Å². The molecule has 0 fully saturated rings. The van der Waals surface area contributed by atoms with Crippen LogP contribution in [0.4, 0.5) is 0 Å². The van der Waals surface area contributed by atoms with Crippen molar-refractivity contribution in [2.45, 2.75) is 0 Å². The molecule has 0 bridgehead atoms. The summed E-state index contributed by atoms with van der Waals surface area (Å²) in [5.41, 5.74) is 11.8. The van der Waals surface area contributed by atoms with Crippen molar-refractivity contribution in [3.63, 3.8) is 0 Å². The Labute approximate surface area is 350 Å². The van der Waals surface area contributed by atoms with Crippen molar-refractivity contribution >= 4 is 96.5 Å². The number of hydrogen-bond donors (Lipinski definition) is 0. The maximum absolute atomic E-state index is 6.96. The first-order chi connectivity index (χ1) is 29.8. The number of benzene rings is 11. The fraction of sp³-hybridized carbons (Fsp3) is 0. The van der Waals surface area contributed by atoms with Crippen molar-refractivity contribution in [1.29, 1.82) is 0 Å². The molecule has 278 valence electrons. The molecule has 0 unspecified atom stereocenters. The highest BCUT2D eigenvalue weighted by Crippen LogP contribution is 2.49. The topological polar surface area (TPSA) is 13.1 Å². The molecule has 0 N–H and O–H groups in total. The van der Waals surface area contributed by atoms with Crippen LogP contribution in [0.5, 0.6) is 0 Å². The Morgan fingerprint density at radius 2 is 0.783 bits per heavy atom. The predicted octanol–water partition coefficient (Wildman–Crippen LogP) is 17.2. The standard InChI is InChI=1S/C58H34OS/c1-2-15-35(16-3-1)36-17-14-18-37(33-36)54-42-22-7-9-24-44(42)55(45-25-10-8-23-43(45)54)46-30-29-41(38-19-4-5-20-39(38)46)50-34-51-48-31-32-53-56(49-27-12-13-28-52(49)60-53)58(48)59-57(51)47-26-11-6-21-40(47)50/h1-34H. The second-order valence-electron chi connectivity index (χ2n) is 15.9. The van der Waals surface area contributed by atoms with E-state index in [0.717, 1.165) is 27.3 Å². The Bertz CT molecular complexity index is 3830. The summed E-state index contributed by atoms with van der Waals surface area (Å²) in [6, 6.07) is 75.7. The van der Waals surface area contributed by atoms with Gasteiger partial charge in [0.2, 0.25) is 0 Å². The van der Waals surface area contributed by atoms with Gasteiger partial charge in [-0.05, 0) is 113 Å². The summed E-state index contributed by atoms with van der Waals surface area (Å²) in [5, 5.41) is 14.5. The van der Waals surface area contributed by atoms with E-state index in [1.54, 1.807) is 0 Å². The summed E-state index contributed by atoms with van der Waals surface area (Å²) in [4.78, 5) is 0. The molecule has 13 rings (SSSR count). The first-order valence-electron chi connectivity index (χ1n) is 20.6. The molecule has 0 aliphatic carbocycles. The van der Waals surface area contributed by atoms with Crippen LogP contribution in [-0.4, -0.2) is 0 Å². The molecule has 0 atom stereocenters. The molecule has 2 heterocycles.